The largest absolute Gasteiger partial charge is 0.508 e. The van der Waals surface area contributed by atoms with Crippen molar-refractivity contribution in [1.82, 2.24) is 0 Å². The molecule has 0 saturated carbocycles. The molecule has 0 aromatic rings. The Morgan fingerprint density at radius 1 is 1.33 bits per heavy atom. The second kappa shape index (κ2) is 7.51. The predicted molar refractivity (Wildman–Crippen MR) is 57.4 cm³/mol. The number of carbonyl (C=O) groups excluding carboxylic acids is 1. The van der Waals surface area contributed by atoms with E-state index >= 15 is 0 Å². The number of unbranched alkanes of at least 4 members (excludes halogenated alkanes) is 2. The minimum Gasteiger partial charge on any atom is -0.434 e. The Morgan fingerprint density at radius 2 is 2.00 bits per heavy atom. The second-order valence-electron chi connectivity index (χ2n) is 4.27. The van der Waals surface area contributed by atoms with Crippen LogP contribution in [-0.4, -0.2) is 31.1 Å². The van der Waals surface area contributed by atoms with Gasteiger partial charge in [0.05, 0.1) is 13.2 Å². The van der Waals surface area contributed by atoms with Crippen molar-refractivity contribution >= 4 is 6.16 Å². The molecule has 4 heteroatoms. The number of aliphatic hydroxyl groups is 1. The topological polar surface area (TPSA) is 55.8 Å². The Morgan fingerprint density at radius 3 is 2.53 bits per heavy atom. The first-order valence-electron chi connectivity index (χ1n) is 5.21. The first kappa shape index (κ1) is 14.2. The first-order chi connectivity index (χ1) is 7.02. The fourth-order valence-corrected chi connectivity index (χ4v) is 0.776. The molecule has 1 radical (unpaired) electrons. The molecule has 0 unspecified atom stereocenters. The number of carbonyl (C=O) groups is 1. The van der Waals surface area contributed by atoms with Gasteiger partial charge >= 0.3 is 6.16 Å². The third-order valence-corrected chi connectivity index (χ3v) is 1.87. The lowest BCUT2D eigenvalue weighted by Gasteiger charge is -2.20. The fraction of sp³-hybridized carbons (Fsp3) is 0.818. The molecular weight excluding hydrogens is 196 g/mol. The van der Waals surface area contributed by atoms with Gasteiger partial charge in [0.15, 0.2) is 0 Å². The molecule has 0 aliphatic carbocycles. The van der Waals surface area contributed by atoms with Crippen LogP contribution in [0, 0.1) is 12.3 Å². The summed E-state index contributed by atoms with van der Waals surface area (Å²) in [6.45, 7) is 7.81. The smallest absolute Gasteiger partial charge is 0.434 e. The van der Waals surface area contributed by atoms with E-state index in [-0.39, 0.29) is 13.2 Å². The average Bonchev–Trinajstić information content (AvgIpc) is 2.22. The van der Waals surface area contributed by atoms with Crippen molar-refractivity contribution in [3.05, 3.63) is 6.92 Å². The predicted octanol–water partition coefficient (Wildman–Crippen LogP) is 2.16. The number of hydrogen-bond donors (Lipinski definition) is 1. The molecule has 15 heavy (non-hydrogen) atoms. The molecule has 0 rings (SSSR count). The molecule has 0 aromatic carbocycles. The van der Waals surface area contributed by atoms with Crippen LogP contribution in [0.25, 0.3) is 0 Å². The summed E-state index contributed by atoms with van der Waals surface area (Å²) >= 11 is 0. The highest BCUT2D eigenvalue weighted by Gasteiger charge is 2.19. The van der Waals surface area contributed by atoms with E-state index in [4.69, 9.17) is 14.6 Å². The normalized spacial score (nSPS) is 11.2. The van der Waals surface area contributed by atoms with E-state index in [0.29, 0.717) is 6.61 Å². The van der Waals surface area contributed by atoms with Crippen LogP contribution in [0.3, 0.4) is 0 Å². The van der Waals surface area contributed by atoms with Gasteiger partial charge in [-0.2, -0.15) is 0 Å². The Hall–Kier alpha value is -0.770. The van der Waals surface area contributed by atoms with Gasteiger partial charge in [0.2, 0.25) is 0 Å². The lowest BCUT2D eigenvalue weighted by atomic mass is 9.97. The van der Waals surface area contributed by atoms with Gasteiger partial charge in [0.25, 0.3) is 0 Å². The summed E-state index contributed by atoms with van der Waals surface area (Å²) < 4.78 is 9.65. The van der Waals surface area contributed by atoms with Gasteiger partial charge in [0, 0.05) is 5.41 Å². The molecule has 0 heterocycles. The number of hydrogen-bond acceptors (Lipinski definition) is 4. The number of aliphatic hydroxyl groups excluding tert-OH is 1. The Bertz CT molecular complexity index is 177. The molecule has 0 fully saturated rings. The van der Waals surface area contributed by atoms with Gasteiger partial charge in [0.1, 0.15) is 6.61 Å². The molecular formula is C11H21O4. The van der Waals surface area contributed by atoms with E-state index in [1.54, 1.807) is 0 Å². The average molecular weight is 217 g/mol. The highest BCUT2D eigenvalue weighted by atomic mass is 16.7. The molecule has 4 nitrogen and oxygen atoms in total. The Balaban J connectivity index is 3.49. The Kier molecular flexibility index (Phi) is 7.13. The van der Waals surface area contributed by atoms with E-state index in [9.17, 15) is 4.79 Å². The van der Waals surface area contributed by atoms with E-state index in [0.717, 1.165) is 19.3 Å². The van der Waals surface area contributed by atoms with Crippen molar-refractivity contribution in [2.75, 3.05) is 19.8 Å². The summed E-state index contributed by atoms with van der Waals surface area (Å²) in [6.07, 6.45) is 1.92. The maximum atomic E-state index is 11.0. The highest BCUT2D eigenvalue weighted by Crippen LogP contribution is 2.13. The summed E-state index contributed by atoms with van der Waals surface area (Å²) in [5.74, 6) is 0. The van der Waals surface area contributed by atoms with Crippen molar-refractivity contribution < 1.29 is 19.4 Å². The lowest BCUT2D eigenvalue weighted by Crippen LogP contribution is -2.25. The van der Waals surface area contributed by atoms with E-state index in [2.05, 4.69) is 6.92 Å². The van der Waals surface area contributed by atoms with Crippen molar-refractivity contribution in [1.29, 1.82) is 0 Å². The molecule has 0 spiro atoms. The SMILES string of the molecule is [CH2]CCCCOC(=O)OCC(C)(C)CO. The minimum atomic E-state index is -0.666. The lowest BCUT2D eigenvalue weighted by molar-refractivity contribution is 0.0134. The molecule has 0 aromatic heterocycles. The van der Waals surface area contributed by atoms with Crippen LogP contribution in [0.2, 0.25) is 0 Å². The third-order valence-electron chi connectivity index (χ3n) is 1.87. The maximum absolute atomic E-state index is 11.0. The van der Waals surface area contributed by atoms with E-state index in [1.165, 1.54) is 0 Å². The van der Waals surface area contributed by atoms with Gasteiger partial charge in [-0.15, -0.1) is 0 Å². The molecule has 0 atom stereocenters. The summed E-state index contributed by atoms with van der Waals surface area (Å²) in [6, 6.07) is 0. The van der Waals surface area contributed by atoms with E-state index in [1.807, 2.05) is 13.8 Å². The zero-order chi connectivity index (χ0) is 11.7. The third kappa shape index (κ3) is 8.24. The molecule has 0 bridgehead atoms. The quantitative estimate of drug-likeness (QED) is 0.524. The van der Waals surface area contributed by atoms with Crippen LogP contribution < -0.4 is 0 Å². The molecule has 0 amide bonds. The first-order valence-corrected chi connectivity index (χ1v) is 5.21. The molecule has 89 valence electrons. The van der Waals surface area contributed by atoms with Crippen molar-refractivity contribution in [3.63, 3.8) is 0 Å². The summed E-state index contributed by atoms with van der Waals surface area (Å²) in [7, 11) is 0. The maximum Gasteiger partial charge on any atom is 0.508 e. The molecule has 0 aliphatic rings. The highest BCUT2D eigenvalue weighted by molar-refractivity contribution is 5.59. The molecule has 0 saturated heterocycles. The minimum absolute atomic E-state index is 0.0260. The fourth-order valence-electron chi connectivity index (χ4n) is 0.776. The zero-order valence-electron chi connectivity index (χ0n) is 9.62. The summed E-state index contributed by atoms with van der Waals surface area (Å²) in [5, 5.41) is 8.91. The van der Waals surface area contributed by atoms with Gasteiger partial charge < -0.3 is 14.6 Å². The number of rotatable bonds is 7. The molecule has 0 aliphatic heterocycles. The van der Waals surface area contributed by atoms with Crippen LogP contribution in [0.4, 0.5) is 4.79 Å². The van der Waals surface area contributed by atoms with Crippen LogP contribution in [-0.2, 0) is 9.47 Å². The summed E-state index contributed by atoms with van der Waals surface area (Å²) in [5.41, 5.74) is -0.410. The van der Waals surface area contributed by atoms with Crippen molar-refractivity contribution in [2.45, 2.75) is 33.1 Å². The monoisotopic (exact) mass is 217 g/mol. The van der Waals surface area contributed by atoms with Gasteiger partial charge in [-0.1, -0.05) is 33.6 Å². The summed E-state index contributed by atoms with van der Waals surface area (Å²) in [4.78, 5) is 11.0. The Labute approximate surface area is 91.6 Å². The standard InChI is InChI=1S/C11H21O4/c1-4-5-6-7-14-10(13)15-9-11(2,3)8-12/h12H,1,4-9H2,2-3H3. The molecule has 1 N–H and O–H groups in total. The van der Waals surface area contributed by atoms with Crippen LogP contribution in [0.15, 0.2) is 0 Å². The van der Waals surface area contributed by atoms with Gasteiger partial charge in [-0.3, -0.25) is 0 Å². The van der Waals surface area contributed by atoms with Gasteiger partial charge in [-0.05, 0) is 6.42 Å². The van der Waals surface area contributed by atoms with Gasteiger partial charge in [-0.25, -0.2) is 4.79 Å². The van der Waals surface area contributed by atoms with Crippen molar-refractivity contribution in [3.8, 4) is 0 Å². The van der Waals surface area contributed by atoms with Crippen molar-refractivity contribution in [2.24, 2.45) is 5.41 Å². The van der Waals surface area contributed by atoms with Crippen LogP contribution in [0.5, 0.6) is 0 Å². The van der Waals surface area contributed by atoms with E-state index < -0.39 is 11.6 Å². The second-order valence-corrected chi connectivity index (χ2v) is 4.27. The zero-order valence-corrected chi connectivity index (χ0v) is 9.62. The van der Waals surface area contributed by atoms with Crippen LogP contribution in [0.1, 0.15) is 33.1 Å². The number of ether oxygens (including phenoxy) is 2. The van der Waals surface area contributed by atoms with Crippen LogP contribution >= 0.6 is 0 Å².